The van der Waals surface area contributed by atoms with Gasteiger partial charge in [0, 0.05) is 116 Å². The monoisotopic (exact) mass is 1650 g/mol. The molecule has 10 fully saturated rings. The summed E-state index contributed by atoms with van der Waals surface area (Å²) in [6, 6.07) is 40.6. The number of esters is 1. The summed E-state index contributed by atoms with van der Waals surface area (Å²) in [5, 5.41) is 40.1. The number of aryl methyl sites for hydroxylation is 3. The van der Waals surface area contributed by atoms with Gasteiger partial charge in [0.25, 0.3) is 0 Å². The average molecular weight is 1650 g/mol. The van der Waals surface area contributed by atoms with E-state index in [4.69, 9.17) is 47.8 Å². The third-order valence-corrected chi connectivity index (χ3v) is 25.6. The summed E-state index contributed by atoms with van der Waals surface area (Å²) in [7, 11) is 1.39. The maximum absolute atomic E-state index is 12.0. The number of carbonyl (C=O) groups is 2. The minimum absolute atomic E-state index is 0. The molecule has 7 saturated heterocycles. The van der Waals surface area contributed by atoms with Gasteiger partial charge in [0.2, 0.25) is 0 Å². The summed E-state index contributed by atoms with van der Waals surface area (Å²) in [6.07, 6.45) is 24.5. The van der Waals surface area contributed by atoms with E-state index in [-0.39, 0.29) is 72.2 Å². The molecule has 26 heteroatoms. The zero-order valence-electron chi connectivity index (χ0n) is 64.1. The number of hydrogen-bond donors (Lipinski definition) is 4. The Morgan fingerprint density at radius 3 is 1.22 bits per heavy atom. The van der Waals surface area contributed by atoms with Gasteiger partial charge in [0.15, 0.2) is 11.4 Å². The standard InChI is InChI=1S/C30H31N3O4S.C29H29N3O4S.C21H26N2O2.C5H10O.HI.Li.H2O2.H2O/c1-17-5-3-4-6-23(17)27-25(29(37-31-27)18-7-8-18)16-36-22-13-19-9-10-20(14-22)33(19)21-11-12-24-26(15-21)38-32-28(24)30(34)35-2;1-16-4-2-3-5-22(16)26-24(28(36-30-26)17-6-7-17)15-35-21-12-18-8-9-19(13-21)32(18)20-10-11-23-25(14-20)37-31-27(23)29(33)34;1-13-4-2-3-5-18(13)20-19(21(25-23-20)14-6-7-14)12-24-17-10-15-8-9-16(11-17)22-15;1-5-3-2-4-6-5;;;1-2;/h3-6,11-12,15,18-20,22H,7-10,13-14,16H2,1-2H3;2-5,10-11,14,17-19,21H,6-9,12-13,15H2,1H3,(H,33,34);2-5,14-17,22H,6-12H2,1H3;5H,2-4H2,1H3;1H;;1-2H;1H2/q;;;;;+1;;/p-2/t19-,20?,22?;18-,19?,21?;15-,16?,17?;;;;;/m000...../s1. The summed E-state index contributed by atoms with van der Waals surface area (Å²) in [4.78, 5) is 28.6. The Morgan fingerprint density at radius 1 is 0.514 bits per heavy atom. The van der Waals surface area contributed by atoms with Crippen molar-refractivity contribution >= 4 is 66.6 Å². The van der Waals surface area contributed by atoms with E-state index in [9.17, 15) is 14.7 Å². The number of rotatable bonds is 19. The second-order valence-corrected chi connectivity index (χ2v) is 33.0. The number of piperidine rings is 3. The van der Waals surface area contributed by atoms with Crippen molar-refractivity contribution in [3.8, 4) is 33.8 Å². The molecule has 22 nitrogen and oxygen atoms in total. The van der Waals surface area contributed by atoms with Crippen molar-refractivity contribution in [3.05, 3.63) is 171 Å². The van der Waals surface area contributed by atoms with Gasteiger partial charge in [-0.05, 0) is 232 Å². The van der Waals surface area contributed by atoms with Gasteiger partial charge in [-0.15, -0.1) is 0 Å². The molecule has 3 saturated carbocycles. The van der Waals surface area contributed by atoms with E-state index >= 15 is 0 Å². The van der Waals surface area contributed by atoms with Gasteiger partial charge >= 0.3 is 30.8 Å². The van der Waals surface area contributed by atoms with Gasteiger partial charge in [-0.3, -0.25) is 10.5 Å². The topological polar surface area (TPSA) is 293 Å². The summed E-state index contributed by atoms with van der Waals surface area (Å²) in [5.74, 6) is 3.25. The van der Waals surface area contributed by atoms with Crippen LogP contribution in [-0.2, 0) is 43.5 Å². The van der Waals surface area contributed by atoms with Crippen LogP contribution in [0.25, 0.3) is 53.9 Å². The SMILES string of the molecule is CC1CCCO1.COC(=O)c1nsc2cc(N3C4CC[C@H]3CC(OCc3c(-c5ccccc5C)noc3C3CC3)C4)ccc12.Cc1ccccc1-c1noc(C2CC2)c1COC1CC2CC[C@@H](C1)N2.Cc1ccccc1-c1noc(C2CC2)c1COC1CC2CC[C@@H](C1)N2c1ccc2c(C(=O)O)nsc2c1.OO.[I-].[Li+].[OH-]. The van der Waals surface area contributed by atoms with Crippen molar-refractivity contribution in [1.82, 2.24) is 29.5 Å². The summed E-state index contributed by atoms with van der Waals surface area (Å²) >= 11 is 2.62. The van der Waals surface area contributed by atoms with Crippen LogP contribution in [0.2, 0.25) is 0 Å². The number of nitrogens with one attached hydrogen (secondary N) is 1. The molecule has 0 radical (unpaired) electrons. The predicted octanol–water partition coefficient (Wildman–Crippen LogP) is 12.6. The molecule has 20 rings (SSSR count). The largest absolute Gasteiger partial charge is 1.00 e. The number of carboxylic acid groups (broad SMARTS) is 1. The van der Waals surface area contributed by atoms with Crippen LogP contribution in [0.3, 0.4) is 0 Å². The average Bonchev–Trinajstić information content (AvgIpc) is 1.63. The minimum atomic E-state index is -0.972. The number of nitrogens with zero attached hydrogens (tertiary/aromatic N) is 7. The Kier molecular flexibility index (Phi) is 27.1. The van der Waals surface area contributed by atoms with Gasteiger partial charge in [-0.25, -0.2) is 9.59 Å². The first-order chi connectivity index (χ1) is 52.8. The van der Waals surface area contributed by atoms with E-state index in [1.165, 1.54) is 128 Å². The molecule has 3 aliphatic carbocycles. The molecule has 12 heterocycles. The van der Waals surface area contributed by atoms with Crippen LogP contribution in [0.15, 0.2) is 123 Å². The Balaban J connectivity index is 0.000000139. The van der Waals surface area contributed by atoms with E-state index in [0.29, 0.717) is 91.7 Å². The molecule has 0 amide bonds. The zero-order valence-corrected chi connectivity index (χ0v) is 67.9. The maximum atomic E-state index is 12.0. The molecule has 5 N–H and O–H groups in total. The third-order valence-electron chi connectivity index (χ3n) is 23.9. The van der Waals surface area contributed by atoms with Crippen molar-refractivity contribution in [2.45, 2.75) is 254 Å². The number of aromatic nitrogens is 5. The second kappa shape index (κ2) is 36.7. The molecule has 7 aliphatic heterocycles. The molecule has 10 aliphatic rings. The Labute approximate surface area is 684 Å². The smallest absolute Gasteiger partial charge is 1.00 e. The normalized spacial score (nSPS) is 23.8. The van der Waals surface area contributed by atoms with E-state index < -0.39 is 5.97 Å². The van der Waals surface area contributed by atoms with E-state index in [1.807, 2.05) is 12.1 Å². The van der Waals surface area contributed by atoms with E-state index in [0.717, 1.165) is 153 Å². The summed E-state index contributed by atoms with van der Waals surface area (Å²) < 4.78 is 57.7. The first-order valence-electron chi connectivity index (χ1n) is 39.1. The van der Waals surface area contributed by atoms with Gasteiger partial charge in [-0.2, -0.15) is 8.75 Å². The summed E-state index contributed by atoms with van der Waals surface area (Å²) in [6.45, 7) is 11.2. The van der Waals surface area contributed by atoms with Gasteiger partial charge in [0.1, 0.15) is 34.4 Å². The van der Waals surface area contributed by atoms with Crippen LogP contribution < -0.4 is 58.0 Å². The van der Waals surface area contributed by atoms with Crippen LogP contribution in [0.1, 0.15) is 225 Å². The van der Waals surface area contributed by atoms with Gasteiger partial charge in [0.05, 0.1) is 60.7 Å². The van der Waals surface area contributed by atoms with E-state index in [2.05, 4.69) is 164 Å². The fourth-order valence-electron chi connectivity index (χ4n) is 18.0. The molecule has 7 unspecified atom stereocenters. The van der Waals surface area contributed by atoms with Crippen molar-refractivity contribution in [2.24, 2.45) is 0 Å². The molecule has 584 valence electrons. The van der Waals surface area contributed by atoms with Crippen molar-refractivity contribution in [1.29, 1.82) is 0 Å². The second-order valence-electron chi connectivity index (χ2n) is 31.4. The fourth-order valence-corrected chi connectivity index (χ4v) is 19.6. The van der Waals surface area contributed by atoms with Crippen LogP contribution in [0.5, 0.6) is 0 Å². The van der Waals surface area contributed by atoms with Gasteiger partial charge in [-0.1, -0.05) is 88.3 Å². The minimum Gasteiger partial charge on any atom is -1.00 e. The number of carboxylic acids is 1. The fraction of sp³-hybridized carbons (Fsp3) is 0.494. The molecule has 111 heavy (non-hydrogen) atoms. The van der Waals surface area contributed by atoms with Crippen LogP contribution in [-0.4, -0.2) is 132 Å². The quantitative estimate of drug-likeness (QED) is 0.0192. The molecule has 0 spiro atoms. The molecular weight excluding hydrogens is 1550 g/mol. The first-order valence-corrected chi connectivity index (χ1v) is 40.6. The number of carbonyl (C=O) groups excluding carboxylic acids is 1. The van der Waals surface area contributed by atoms with Crippen molar-refractivity contribution in [3.63, 3.8) is 0 Å². The zero-order chi connectivity index (χ0) is 74.1. The number of fused-ring (bicyclic) bond motifs is 8. The molecule has 5 aromatic heterocycles. The number of benzene rings is 5. The molecule has 5 aromatic carbocycles. The summed E-state index contributed by atoms with van der Waals surface area (Å²) in [5.41, 5.74) is 16.3. The Hall–Kier alpha value is -6.94. The first kappa shape index (κ1) is 82.1. The Morgan fingerprint density at radius 2 is 0.883 bits per heavy atom. The number of anilines is 2. The molecule has 10 atom stereocenters. The molecule has 6 bridgehead atoms. The van der Waals surface area contributed by atoms with Crippen LogP contribution in [0.4, 0.5) is 11.4 Å². The maximum Gasteiger partial charge on any atom is 1.00 e. The molecular formula is C85H99ILiN8O14S2-. The van der Waals surface area contributed by atoms with Crippen molar-refractivity contribution < 1.29 is 111 Å². The third kappa shape index (κ3) is 18.1. The van der Waals surface area contributed by atoms with E-state index in [1.54, 1.807) is 0 Å². The number of ether oxygens (including phenoxy) is 5. The molecule has 10 aromatic rings. The number of methoxy groups -OCH3 is 1. The number of hydrogen-bond acceptors (Lipinski definition) is 23. The van der Waals surface area contributed by atoms with Crippen LogP contribution in [0, 0.1) is 20.8 Å². The van der Waals surface area contributed by atoms with Gasteiger partial charge < -0.3 is 86.9 Å². The van der Waals surface area contributed by atoms with Crippen molar-refractivity contribution in [2.75, 3.05) is 23.5 Å². The number of halogens is 1. The Bertz CT molecular complexity index is 4780. The number of aromatic carboxylic acids is 1. The predicted molar refractivity (Wildman–Crippen MR) is 417 cm³/mol. The van der Waals surface area contributed by atoms with Crippen LogP contribution >= 0.6 is 23.1 Å².